The molecule has 0 saturated carbocycles. The number of hydrogen-bond acceptors (Lipinski definition) is 5. The Morgan fingerprint density at radius 1 is 1.54 bits per heavy atom. The molecule has 0 aromatic carbocycles. The third-order valence-corrected chi connectivity index (χ3v) is 2.42. The fraction of sp³-hybridized carbons (Fsp3) is 0.250. The van der Waals surface area contributed by atoms with Crippen molar-refractivity contribution in [3.05, 3.63) is 23.4 Å². The number of hydrogen-bond donors (Lipinski definition) is 1. The number of rotatable bonds is 2. The third kappa shape index (κ3) is 1.61. The highest BCUT2D eigenvalue weighted by Crippen LogP contribution is 2.23. The van der Waals surface area contributed by atoms with Crippen molar-refractivity contribution in [2.45, 2.75) is 13.0 Å². The summed E-state index contributed by atoms with van der Waals surface area (Å²) in [6.07, 6.45) is 0. The summed E-state index contributed by atoms with van der Waals surface area (Å²) in [5, 5.41) is 9.69. The van der Waals surface area contributed by atoms with E-state index < -0.39 is 0 Å². The largest absolute Gasteiger partial charge is 0.418 e. The topological polar surface area (TPSA) is 64.9 Å². The second-order valence-electron chi connectivity index (χ2n) is 2.71. The minimum atomic E-state index is -0.207. The molecular weight excluding hydrogens is 186 g/mol. The van der Waals surface area contributed by atoms with Crippen molar-refractivity contribution < 1.29 is 4.42 Å². The first-order valence-corrected chi connectivity index (χ1v) is 4.78. The van der Waals surface area contributed by atoms with Gasteiger partial charge in [0.2, 0.25) is 5.89 Å². The lowest BCUT2D eigenvalue weighted by Crippen LogP contribution is -2.04. The summed E-state index contributed by atoms with van der Waals surface area (Å²) in [5.74, 6) is 1.02. The Labute approximate surface area is 79.4 Å². The average Bonchev–Trinajstić information content (AvgIpc) is 2.75. The first-order valence-electron chi connectivity index (χ1n) is 3.90. The van der Waals surface area contributed by atoms with Crippen LogP contribution in [0.25, 0.3) is 10.8 Å². The first-order chi connectivity index (χ1) is 6.27. The van der Waals surface area contributed by atoms with E-state index in [4.69, 9.17) is 10.2 Å². The number of aromatic nitrogens is 2. The van der Waals surface area contributed by atoms with Gasteiger partial charge in [-0.05, 0) is 18.4 Å². The first kappa shape index (κ1) is 8.40. The van der Waals surface area contributed by atoms with E-state index in [1.807, 2.05) is 24.4 Å². The van der Waals surface area contributed by atoms with E-state index in [2.05, 4.69) is 10.2 Å². The van der Waals surface area contributed by atoms with Crippen LogP contribution in [0, 0.1) is 0 Å². The van der Waals surface area contributed by atoms with Crippen LogP contribution >= 0.6 is 11.3 Å². The van der Waals surface area contributed by atoms with Crippen LogP contribution in [-0.2, 0) is 0 Å². The molecule has 68 valence electrons. The van der Waals surface area contributed by atoms with Gasteiger partial charge in [0.25, 0.3) is 5.89 Å². The van der Waals surface area contributed by atoms with Crippen LogP contribution in [0.15, 0.2) is 21.9 Å². The van der Waals surface area contributed by atoms with E-state index in [0.717, 1.165) is 4.88 Å². The van der Waals surface area contributed by atoms with Gasteiger partial charge >= 0.3 is 0 Å². The van der Waals surface area contributed by atoms with Gasteiger partial charge in [-0.3, -0.25) is 0 Å². The molecule has 1 atom stereocenters. The summed E-state index contributed by atoms with van der Waals surface area (Å²) in [5.41, 5.74) is 5.59. The van der Waals surface area contributed by atoms with Gasteiger partial charge in [0.1, 0.15) is 0 Å². The Hall–Kier alpha value is -1.20. The normalized spacial score (nSPS) is 13.1. The van der Waals surface area contributed by atoms with Crippen LogP contribution in [0.4, 0.5) is 0 Å². The number of nitrogens with zero attached hydrogens (tertiary/aromatic N) is 2. The molecule has 2 N–H and O–H groups in total. The highest BCUT2D eigenvalue weighted by Gasteiger charge is 2.11. The van der Waals surface area contributed by atoms with Crippen LogP contribution in [0.3, 0.4) is 0 Å². The Balaban J connectivity index is 2.33. The second kappa shape index (κ2) is 3.27. The summed E-state index contributed by atoms with van der Waals surface area (Å²) >= 11 is 1.56. The van der Waals surface area contributed by atoms with Crippen LogP contribution < -0.4 is 5.73 Å². The van der Waals surface area contributed by atoms with Crippen LogP contribution in [0.2, 0.25) is 0 Å². The summed E-state index contributed by atoms with van der Waals surface area (Å²) in [4.78, 5) is 0.972. The molecule has 0 aliphatic heterocycles. The lowest BCUT2D eigenvalue weighted by atomic mass is 10.4. The molecule has 4 nitrogen and oxygen atoms in total. The fourth-order valence-corrected chi connectivity index (χ4v) is 1.56. The molecule has 0 saturated heterocycles. The Kier molecular flexibility index (Phi) is 2.12. The smallest absolute Gasteiger partial charge is 0.257 e. The molecule has 2 aromatic rings. The molecule has 0 aliphatic rings. The fourth-order valence-electron chi connectivity index (χ4n) is 0.918. The Morgan fingerprint density at radius 2 is 2.38 bits per heavy atom. The van der Waals surface area contributed by atoms with Crippen molar-refractivity contribution in [3.8, 4) is 10.8 Å². The van der Waals surface area contributed by atoms with Crippen LogP contribution in [-0.4, -0.2) is 10.2 Å². The molecule has 0 fully saturated rings. The summed E-state index contributed by atoms with van der Waals surface area (Å²) < 4.78 is 5.35. The van der Waals surface area contributed by atoms with Crippen LogP contribution in [0.5, 0.6) is 0 Å². The van der Waals surface area contributed by atoms with E-state index >= 15 is 0 Å². The minimum Gasteiger partial charge on any atom is -0.418 e. The van der Waals surface area contributed by atoms with E-state index in [0.29, 0.717) is 11.8 Å². The second-order valence-corrected chi connectivity index (χ2v) is 3.66. The summed E-state index contributed by atoms with van der Waals surface area (Å²) in [6, 6.07) is 3.67. The maximum Gasteiger partial charge on any atom is 0.257 e. The van der Waals surface area contributed by atoms with Crippen molar-refractivity contribution in [2.24, 2.45) is 5.73 Å². The third-order valence-electron chi connectivity index (χ3n) is 1.56. The zero-order chi connectivity index (χ0) is 9.26. The van der Waals surface area contributed by atoms with E-state index in [9.17, 15) is 0 Å². The van der Waals surface area contributed by atoms with Gasteiger partial charge in [0.05, 0.1) is 10.9 Å². The summed E-state index contributed by atoms with van der Waals surface area (Å²) in [7, 11) is 0. The molecular formula is C8H9N3OS. The quantitative estimate of drug-likeness (QED) is 0.793. The zero-order valence-corrected chi connectivity index (χ0v) is 7.91. The van der Waals surface area contributed by atoms with Gasteiger partial charge in [-0.2, -0.15) is 0 Å². The number of nitrogens with two attached hydrogens (primary N) is 1. The van der Waals surface area contributed by atoms with Crippen LogP contribution in [0.1, 0.15) is 18.9 Å². The molecule has 2 heterocycles. The van der Waals surface area contributed by atoms with Crippen molar-refractivity contribution in [2.75, 3.05) is 0 Å². The van der Waals surface area contributed by atoms with Crippen molar-refractivity contribution in [1.82, 2.24) is 10.2 Å². The van der Waals surface area contributed by atoms with E-state index in [-0.39, 0.29) is 6.04 Å². The predicted molar refractivity (Wildman–Crippen MR) is 50.2 cm³/mol. The van der Waals surface area contributed by atoms with Gasteiger partial charge in [-0.1, -0.05) is 6.07 Å². The van der Waals surface area contributed by atoms with Gasteiger partial charge in [-0.25, -0.2) is 0 Å². The van der Waals surface area contributed by atoms with Gasteiger partial charge < -0.3 is 10.2 Å². The molecule has 2 rings (SSSR count). The molecule has 13 heavy (non-hydrogen) atoms. The zero-order valence-electron chi connectivity index (χ0n) is 7.10. The molecule has 0 radical (unpaired) electrons. The lowest BCUT2D eigenvalue weighted by molar-refractivity contribution is 0.474. The van der Waals surface area contributed by atoms with Gasteiger partial charge in [0.15, 0.2) is 0 Å². The molecule has 2 aromatic heterocycles. The lowest BCUT2D eigenvalue weighted by Gasteiger charge is -1.93. The van der Waals surface area contributed by atoms with Crippen molar-refractivity contribution >= 4 is 11.3 Å². The Bertz CT molecular complexity index is 380. The van der Waals surface area contributed by atoms with E-state index in [1.54, 1.807) is 11.3 Å². The molecule has 0 aliphatic carbocycles. The minimum absolute atomic E-state index is 0.207. The standard InChI is InChI=1S/C8H9N3OS/c1-5(9)7-10-11-8(12-7)6-3-2-4-13-6/h2-5H,9H2,1H3. The predicted octanol–water partition coefficient (Wildman–Crippen LogP) is 1.82. The highest BCUT2D eigenvalue weighted by atomic mass is 32.1. The van der Waals surface area contributed by atoms with Crippen molar-refractivity contribution in [3.63, 3.8) is 0 Å². The van der Waals surface area contributed by atoms with Crippen molar-refractivity contribution in [1.29, 1.82) is 0 Å². The number of thiophene rings is 1. The summed E-state index contributed by atoms with van der Waals surface area (Å²) in [6.45, 7) is 1.81. The maximum absolute atomic E-state index is 5.59. The van der Waals surface area contributed by atoms with Gasteiger partial charge in [0, 0.05) is 0 Å². The highest BCUT2D eigenvalue weighted by molar-refractivity contribution is 7.13. The monoisotopic (exact) mass is 195 g/mol. The molecule has 5 heteroatoms. The average molecular weight is 195 g/mol. The molecule has 0 amide bonds. The van der Waals surface area contributed by atoms with Gasteiger partial charge in [-0.15, -0.1) is 21.5 Å². The Morgan fingerprint density at radius 3 is 2.92 bits per heavy atom. The molecule has 1 unspecified atom stereocenters. The SMILES string of the molecule is CC(N)c1nnc(-c2cccs2)o1. The maximum atomic E-state index is 5.59. The molecule has 0 bridgehead atoms. The molecule has 0 spiro atoms. The van der Waals surface area contributed by atoms with E-state index in [1.165, 1.54) is 0 Å².